The van der Waals surface area contributed by atoms with Gasteiger partial charge in [-0.15, -0.1) is 0 Å². The van der Waals surface area contributed by atoms with Crippen LogP contribution in [0.15, 0.2) is 30.3 Å². The Labute approximate surface area is 109 Å². The van der Waals surface area contributed by atoms with E-state index in [1.807, 2.05) is 30.3 Å². The van der Waals surface area contributed by atoms with Crippen LogP contribution in [0.1, 0.15) is 44.1 Å². The molecule has 2 N–H and O–H groups in total. The summed E-state index contributed by atoms with van der Waals surface area (Å²) in [7, 11) is 0. The van der Waals surface area contributed by atoms with Gasteiger partial charge in [0.15, 0.2) is 5.78 Å². The van der Waals surface area contributed by atoms with E-state index in [2.05, 4.69) is 0 Å². The van der Waals surface area contributed by atoms with Gasteiger partial charge < -0.3 is 5.73 Å². The molecule has 18 heavy (non-hydrogen) atoms. The van der Waals surface area contributed by atoms with Crippen molar-refractivity contribution in [1.29, 1.82) is 0 Å². The Kier molecular flexibility index (Phi) is 4.57. The highest BCUT2D eigenvalue weighted by molar-refractivity contribution is 5.93. The summed E-state index contributed by atoms with van der Waals surface area (Å²) in [5.74, 6) is 1.03. The SMILES string of the molecule is Nc1ccc(/C=C/C(=O)CCC2CCCC2)cc1. The normalized spacial score (nSPS) is 16.4. The van der Waals surface area contributed by atoms with E-state index in [-0.39, 0.29) is 5.78 Å². The van der Waals surface area contributed by atoms with Crippen molar-refractivity contribution < 1.29 is 4.79 Å². The molecule has 0 atom stereocenters. The van der Waals surface area contributed by atoms with Crippen LogP contribution in [0.5, 0.6) is 0 Å². The maximum Gasteiger partial charge on any atom is 0.155 e. The number of carbonyl (C=O) groups excluding carboxylic acids is 1. The molecule has 1 aliphatic carbocycles. The van der Waals surface area contributed by atoms with Crippen molar-refractivity contribution in [2.24, 2.45) is 5.92 Å². The van der Waals surface area contributed by atoms with Gasteiger partial charge in [0.25, 0.3) is 0 Å². The molecule has 1 aromatic rings. The first-order chi connectivity index (χ1) is 8.74. The molecule has 0 amide bonds. The summed E-state index contributed by atoms with van der Waals surface area (Å²) in [6, 6.07) is 7.55. The topological polar surface area (TPSA) is 43.1 Å². The van der Waals surface area contributed by atoms with E-state index in [1.54, 1.807) is 6.08 Å². The van der Waals surface area contributed by atoms with Gasteiger partial charge >= 0.3 is 0 Å². The van der Waals surface area contributed by atoms with Gasteiger partial charge in [-0.1, -0.05) is 43.9 Å². The molecule has 2 rings (SSSR count). The standard InChI is InChI=1S/C16H21NO/c17-15-9-5-14(6-10-15)8-12-16(18)11-7-13-3-1-2-4-13/h5-6,8-10,12-13H,1-4,7,11,17H2/b12-8+. The van der Waals surface area contributed by atoms with E-state index in [0.717, 1.165) is 23.6 Å². The van der Waals surface area contributed by atoms with Gasteiger partial charge in [0.2, 0.25) is 0 Å². The van der Waals surface area contributed by atoms with Gasteiger partial charge in [-0.25, -0.2) is 0 Å². The van der Waals surface area contributed by atoms with Crippen LogP contribution in [-0.4, -0.2) is 5.78 Å². The second kappa shape index (κ2) is 6.39. The lowest BCUT2D eigenvalue weighted by atomic mass is 10.00. The Morgan fingerprint density at radius 1 is 1.22 bits per heavy atom. The molecular formula is C16H21NO. The number of hydrogen-bond donors (Lipinski definition) is 1. The van der Waals surface area contributed by atoms with Crippen LogP contribution in [0.2, 0.25) is 0 Å². The predicted molar refractivity (Wildman–Crippen MR) is 76.1 cm³/mol. The van der Waals surface area contributed by atoms with Crippen LogP contribution in [0, 0.1) is 5.92 Å². The summed E-state index contributed by atoms with van der Waals surface area (Å²) in [6.45, 7) is 0. The minimum absolute atomic E-state index is 0.235. The Morgan fingerprint density at radius 3 is 2.56 bits per heavy atom. The molecule has 1 saturated carbocycles. The molecule has 0 aliphatic heterocycles. The summed E-state index contributed by atoms with van der Waals surface area (Å²) < 4.78 is 0. The summed E-state index contributed by atoms with van der Waals surface area (Å²) in [6.07, 6.45) is 10.6. The Hall–Kier alpha value is -1.57. The van der Waals surface area contributed by atoms with Gasteiger partial charge in [0.05, 0.1) is 0 Å². The number of benzene rings is 1. The molecule has 0 unspecified atom stereocenters. The van der Waals surface area contributed by atoms with E-state index in [9.17, 15) is 4.79 Å². The highest BCUT2D eigenvalue weighted by atomic mass is 16.1. The molecular weight excluding hydrogens is 222 g/mol. The zero-order valence-electron chi connectivity index (χ0n) is 10.8. The second-order valence-corrected chi connectivity index (χ2v) is 5.16. The lowest BCUT2D eigenvalue weighted by molar-refractivity contribution is -0.114. The van der Waals surface area contributed by atoms with Gasteiger partial charge in [0.1, 0.15) is 0 Å². The maximum absolute atomic E-state index is 11.7. The molecule has 0 spiro atoms. The molecule has 1 aliphatic rings. The number of allylic oxidation sites excluding steroid dienone is 1. The molecule has 0 radical (unpaired) electrons. The average molecular weight is 243 g/mol. The summed E-state index contributed by atoms with van der Waals surface area (Å²) in [4.78, 5) is 11.7. The summed E-state index contributed by atoms with van der Waals surface area (Å²) in [5, 5.41) is 0. The van der Waals surface area contributed by atoms with Gasteiger partial charge in [0, 0.05) is 12.1 Å². The third kappa shape index (κ3) is 4.02. The molecule has 2 nitrogen and oxygen atoms in total. The third-order valence-electron chi connectivity index (χ3n) is 3.67. The monoisotopic (exact) mass is 243 g/mol. The number of hydrogen-bond acceptors (Lipinski definition) is 2. The quantitative estimate of drug-likeness (QED) is 0.631. The summed E-state index contributed by atoms with van der Waals surface area (Å²) in [5.41, 5.74) is 7.39. The number of nitrogen functional groups attached to an aromatic ring is 1. The molecule has 0 aromatic heterocycles. The molecule has 0 bridgehead atoms. The van der Waals surface area contributed by atoms with E-state index in [4.69, 9.17) is 5.73 Å². The fourth-order valence-corrected chi connectivity index (χ4v) is 2.53. The Morgan fingerprint density at radius 2 is 1.89 bits per heavy atom. The largest absolute Gasteiger partial charge is 0.399 e. The molecule has 1 fully saturated rings. The zero-order valence-corrected chi connectivity index (χ0v) is 10.8. The van der Waals surface area contributed by atoms with Crippen LogP contribution >= 0.6 is 0 Å². The highest BCUT2D eigenvalue weighted by Crippen LogP contribution is 2.28. The lowest BCUT2D eigenvalue weighted by Gasteiger charge is -2.05. The van der Waals surface area contributed by atoms with E-state index >= 15 is 0 Å². The van der Waals surface area contributed by atoms with Crippen molar-refractivity contribution in [3.8, 4) is 0 Å². The first kappa shape index (κ1) is 12.9. The predicted octanol–water partition coefficient (Wildman–Crippen LogP) is 3.82. The van der Waals surface area contributed by atoms with Crippen LogP contribution in [0.25, 0.3) is 6.08 Å². The molecule has 1 aromatic carbocycles. The maximum atomic E-state index is 11.7. The Balaban J connectivity index is 1.77. The van der Waals surface area contributed by atoms with Gasteiger partial charge in [-0.2, -0.15) is 0 Å². The number of ketones is 1. The summed E-state index contributed by atoms with van der Waals surface area (Å²) >= 11 is 0. The van der Waals surface area contributed by atoms with Crippen LogP contribution in [0.4, 0.5) is 5.69 Å². The zero-order chi connectivity index (χ0) is 12.8. The number of carbonyl (C=O) groups is 1. The smallest absolute Gasteiger partial charge is 0.155 e. The number of rotatable bonds is 5. The van der Waals surface area contributed by atoms with Crippen molar-refractivity contribution >= 4 is 17.5 Å². The first-order valence-electron chi connectivity index (χ1n) is 6.80. The van der Waals surface area contributed by atoms with Gasteiger partial charge in [-0.05, 0) is 36.1 Å². The molecule has 0 heterocycles. The minimum atomic E-state index is 0.235. The van der Waals surface area contributed by atoms with Crippen LogP contribution in [0.3, 0.4) is 0 Å². The van der Waals surface area contributed by atoms with Crippen molar-refractivity contribution in [2.75, 3.05) is 5.73 Å². The third-order valence-corrected chi connectivity index (χ3v) is 3.67. The number of nitrogens with two attached hydrogens (primary N) is 1. The minimum Gasteiger partial charge on any atom is -0.399 e. The van der Waals surface area contributed by atoms with Crippen LogP contribution < -0.4 is 5.73 Å². The Bertz CT molecular complexity index is 413. The highest BCUT2D eigenvalue weighted by Gasteiger charge is 2.15. The van der Waals surface area contributed by atoms with Crippen molar-refractivity contribution in [3.63, 3.8) is 0 Å². The molecule has 0 saturated heterocycles. The number of anilines is 1. The van der Waals surface area contributed by atoms with Crippen molar-refractivity contribution in [2.45, 2.75) is 38.5 Å². The molecule has 96 valence electrons. The fraction of sp³-hybridized carbons (Fsp3) is 0.438. The van der Waals surface area contributed by atoms with Crippen molar-refractivity contribution in [1.82, 2.24) is 0 Å². The van der Waals surface area contributed by atoms with Crippen molar-refractivity contribution in [3.05, 3.63) is 35.9 Å². The second-order valence-electron chi connectivity index (χ2n) is 5.16. The van der Waals surface area contributed by atoms with E-state index in [1.165, 1.54) is 25.7 Å². The fourth-order valence-electron chi connectivity index (χ4n) is 2.53. The average Bonchev–Trinajstić information content (AvgIpc) is 2.89. The van der Waals surface area contributed by atoms with E-state index < -0.39 is 0 Å². The first-order valence-corrected chi connectivity index (χ1v) is 6.80. The van der Waals surface area contributed by atoms with Crippen LogP contribution in [-0.2, 0) is 4.79 Å². The lowest BCUT2D eigenvalue weighted by Crippen LogP contribution is -1.99. The van der Waals surface area contributed by atoms with Gasteiger partial charge in [-0.3, -0.25) is 4.79 Å². The van der Waals surface area contributed by atoms with E-state index in [0.29, 0.717) is 6.42 Å². The molecule has 2 heteroatoms.